The SMILES string of the molecule is Cn1cncc1-c1nccnc1CC1CCCN(C(=O)c2ccc(=O)[nH]c2)C1. The lowest BCUT2D eigenvalue weighted by atomic mass is 9.92. The van der Waals surface area contributed by atoms with Gasteiger partial charge in [0.25, 0.3) is 5.91 Å². The highest BCUT2D eigenvalue weighted by Crippen LogP contribution is 2.26. The number of piperidine rings is 1. The van der Waals surface area contributed by atoms with Crippen molar-refractivity contribution in [1.29, 1.82) is 0 Å². The van der Waals surface area contributed by atoms with Gasteiger partial charge in [0.1, 0.15) is 5.69 Å². The third-order valence-corrected chi connectivity index (χ3v) is 5.15. The van der Waals surface area contributed by atoms with Crippen molar-refractivity contribution in [2.24, 2.45) is 13.0 Å². The highest BCUT2D eigenvalue weighted by Gasteiger charge is 2.26. The molecule has 4 heterocycles. The van der Waals surface area contributed by atoms with Crippen LogP contribution in [0.25, 0.3) is 11.4 Å². The number of carbonyl (C=O) groups is 1. The van der Waals surface area contributed by atoms with Crippen LogP contribution in [0.2, 0.25) is 0 Å². The molecule has 1 N–H and O–H groups in total. The zero-order valence-corrected chi connectivity index (χ0v) is 15.7. The highest BCUT2D eigenvalue weighted by atomic mass is 16.2. The summed E-state index contributed by atoms with van der Waals surface area (Å²) >= 11 is 0. The van der Waals surface area contributed by atoms with Crippen LogP contribution in [0.3, 0.4) is 0 Å². The molecule has 1 aliphatic rings. The van der Waals surface area contributed by atoms with E-state index in [0.717, 1.165) is 42.9 Å². The minimum Gasteiger partial charge on any atom is -0.338 e. The standard InChI is InChI=1S/C20H22N6O2/c1-25-13-21-11-17(25)19-16(22-6-7-23-19)9-14-3-2-8-26(12-14)20(28)15-4-5-18(27)24-10-15/h4-7,10-11,13-14H,2-3,8-9,12H2,1H3,(H,24,27). The average Bonchev–Trinajstić information content (AvgIpc) is 3.14. The number of hydrogen-bond donors (Lipinski definition) is 1. The number of aromatic nitrogens is 5. The van der Waals surface area contributed by atoms with E-state index < -0.39 is 0 Å². The molecule has 1 fully saturated rings. The lowest BCUT2D eigenvalue weighted by Crippen LogP contribution is -2.40. The number of carbonyl (C=O) groups excluding carboxylic acids is 1. The van der Waals surface area contributed by atoms with Gasteiger partial charge in [-0.25, -0.2) is 4.98 Å². The number of nitrogens with one attached hydrogen (secondary N) is 1. The zero-order chi connectivity index (χ0) is 19.5. The first kappa shape index (κ1) is 18.1. The van der Waals surface area contributed by atoms with E-state index >= 15 is 0 Å². The fraction of sp³-hybridized carbons (Fsp3) is 0.350. The summed E-state index contributed by atoms with van der Waals surface area (Å²) in [6.45, 7) is 1.39. The van der Waals surface area contributed by atoms with Crippen LogP contribution in [0, 0.1) is 5.92 Å². The normalized spacial score (nSPS) is 16.9. The number of amides is 1. The summed E-state index contributed by atoms with van der Waals surface area (Å²) in [7, 11) is 1.94. The van der Waals surface area contributed by atoms with Gasteiger partial charge < -0.3 is 14.5 Å². The van der Waals surface area contributed by atoms with Crippen LogP contribution >= 0.6 is 0 Å². The molecule has 28 heavy (non-hydrogen) atoms. The van der Waals surface area contributed by atoms with E-state index in [9.17, 15) is 9.59 Å². The van der Waals surface area contributed by atoms with Gasteiger partial charge in [-0.05, 0) is 31.2 Å². The molecule has 0 radical (unpaired) electrons. The third-order valence-electron chi connectivity index (χ3n) is 5.15. The monoisotopic (exact) mass is 378 g/mol. The largest absolute Gasteiger partial charge is 0.338 e. The molecule has 8 heteroatoms. The van der Waals surface area contributed by atoms with E-state index in [0.29, 0.717) is 18.0 Å². The Hall–Kier alpha value is -3.29. The van der Waals surface area contributed by atoms with E-state index in [1.54, 1.807) is 31.0 Å². The summed E-state index contributed by atoms with van der Waals surface area (Å²) < 4.78 is 1.93. The smallest absolute Gasteiger partial charge is 0.255 e. The first-order chi connectivity index (χ1) is 13.6. The van der Waals surface area contributed by atoms with Crippen LogP contribution in [0.15, 0.2) is 48.0 Å². The molecule has 0 aliphatic carbocycles. The second-order valence-electron chi connectivity index (χ2n) is 7.15. The molecular weight excluding hydrogens is 356 g/mol. The average molecular weight is 378 g/mol. The van der Waals surface area contributed by atoms with Crippen LogP contribution < -0.4 is 5.56 Å². The predicted octanol–water partition coefficient (Wildman–Crippen LogP) is 1.66. The van der Waals surface area contributed by atoms with Gasteiger partial charge in [0.05, 0.1) is 29.5 Å². The van der Waals surface area contributed by atoms with Crippen LogP contribution in [0.5, 0.6) is 0 Å². The fourth-order valence-corrected chi connectivity index (χ4v) is 3.73. The Kier molecular flexibility index (Phi) is 5.01. The number of H-pyrrole nitrogens is 1. The lowest BCUT2D eigenvalue weighted by Gasteiger charge is -2.33. The Balaban J connectivity index is 1.51. The van der Waals surface area contributed by atoms with Crippen molar-refractivity contribution in [1.82, 2.24) is 29.4 Å². The Morgan fingerprint density at radius 1 is 1.29 bits per heavy atom. The molecule has 1 amide bonds. The molecule has 4 rings (SSSR count). The number of likely N-dealkylation sites (tertiary alicyclic amines) is 1. The maximum absolute atomic E-state index is 12.8. The van der Waals surface area contributed by atoms with Gasteiger partial charge in [0.2, 0.25) is 5.56 Å². The number of rotatable bonds is 4. The molecular formula is C20H22N6O2. The second kappa shape index (κ2) is 7.75. The van der Waals surface area contributed by atoms with Crippen molar-refractivity contribution in [3.63, 3.8) is 0 Å². The maximum atomic E-state index is 12.8. The quantitative estimate of drug-likeness (QED) is 0.745. The van der Waals surface area contributed by atoms with Crippen LogP contribution in [-0.2, 0) is 13.5 Å². The van der Waals surface area contributed by atoms with Gasteiger partial charge in [-0.15, -0.1) is 0 Å². The van der Waals surface area contributed by atoms with E-state index in [4.69, 9.17) is 0 Å². The minimum atomic E-state index is -0.210. The molecule has 1 aliphatic heterocycles. The summed E-state index contributed by atoms with van der Waals surface area (Å²) in [6, 6.07) is 2.96. The lowest BCUT2D eigenvalue weighted by molar-refractivity contribution is 0.0672. The van der Waals surface area contributed by atoms with Crippen molar-refractivity contribution in [3.8, 4) is 11.4 Å². The number of aryl methyl sites for hydroxylation is 1. The molecule has 3 aromatic heterocycles. The first-order valence-corrected chi connectivity index (χ1v) is 9.36. The summed E-state index contributed by atoms with van der Waals surface area (Å²) in [5.41, 5.74) is 3.00. The second-order valence-corrected chi connectivity index (χ2v) is 7.15. The van der Waals surface area contributed by atoms with Crippen molar-refractivity contribution >= 4 is 5.91 Å². The Bertz CT molecular complexity index is 1020. The van der Waals surface area contributed by atoms with Crippen LogP contribution in [0.4, 0.5) is 0 Å². The van der Waals surface area contributed by atoms with Crippen LogP contribution in [0.1, 0.15) is 28.9 Å². The Morgan fingerprint density at radius 2 is 2.14 bits per heavy atom. The number of nitrogens with zero attached hydrogens (tertiary/aromatic N) is 5. The van der Waals surface area contributed by atoms with Crippen molar-refractivity contribution in [2.75, 3.05) is 13.1 Å². The number of hydrogen-bond acceptors (Lipinski definition) is 5. The molecule has 0 saturated carbocycles. The van der Waals surface area contributed by atoms with Gasteiger partial charge >= 0.3 is 0 Å². The summed E-state index contributed by atoms with van der Waals surface area (Å²) in [6.07, 6.45) is 11.2. The molecule has 1 atom stereocenters. The third kappa shape index (κ3) is 3.71. The predicted molar refractivity (Wildman–Crippen MR) is 104 cm³/mol. The van der Waals surface area contributed by atoms with Gasteiger partial charge in [0, 0.05) is 44.8 Å². The number of imidazole rings is 1. The van der Waals surface area contributed by atoms with Gasteiger partial charge in [0.15, 0.2) is 0 Å². The highest BCUT2D eigenvalue weighted by molar-refractivity contribution is 5.93. The molecule has 1 unspecified atom stereocenters. The summed E-state index contributed by atoms with van der Waals surface area (Å²) in [4.78, 5) is 41.7. The molecule has 3 aromatic rings. The molecule has 0 spiro atoms. The van der Waals surface area contributed by atoms with Gasteiger partial charge in [-0.2, -0.15) is 0 Å². The molecule has 0 aromatic carbocycles. The molecule has 1 saturated heterocycles. The Labute approximate surface area is 162 Å². The van der Waals surface area contributed by atoms with E-state index in [-0.39, 0.29) is 11.5 Å². The van der Waals surface area contributed by atoms with E-state index in [2.05, 4.69) is 19.9 Å². The fourth-order valence-electron chi connectivity index (χ4n) is 3.73. The molecule has 144 valence electrons. The van der Waals surface area contributed by atoms with Crippen LogP contribution in [-0.4, -0.2) is 48.4 Å². The number of pyridine rings is 1. The van der Waals surface area contributed by atoms with Gasteiger partial charge in [-0.1, -0.05) is 0 Å². The maximum Gasteiger partial charge on any atom is 0.255 e. The topological polar surface area (TPSA) is 96.8 Å². The van der Waals surface area contributed by atoms with E-state index in [1.165, 1.54) is 12.3 Å². The van der Waals surface area contributed by atoms with Gasteiger partial charge in [-0.3, -0.25) is 19.6 Å². The number of aromatic amines is 1. The first-order valence-electron chi connectivity index (χ1n) is 9.36. The minimum absolute atomic E-state index is 0.0491. The zero-order valence-electron chi connectivity index (χ0n) is 15.7. The van der Waals surface area contributed by atoms with Crippen molar-refractivity contribution in [3.05, 3.63) is 64.9 Å². The van der Waals surface area contributed by atoms with Crippen molar-refractivity contribution in [2.45, 2.75) is 19.3 Å². The summed E-state index contributed by atoms with van der Waals surface area (Å²) in [5, 5.41) is 0. The Morgan fingerprint density at radius 3 is 2.89 bits per heavy atom. The van der Waals surface area contributed by atoms with E-state index in [1.807, 2.05) is 16.5 Å². The molecule has 8 nitrogen and oxygen atoms in total. The van der Waals surface area contributed by atoms with Crippen molar-refractivity contribution < 1.29 is 4.79 Å². The summed E-state index contributed by atoms with van der Waals surface area (Å²) in [5.74, 6) is 0.260. The molecule has 0 bridgehead atoms.